The van der Waals surface area contributed by atoms with E-state index in [-0.39, 0.29) is 40.6 Å². The monoisotopic (exact) mass is 452 g/mol. The molecule has 0 unspecified atom stereocenters. The van der Waals surface area contributed by atoms with Crippen LogP contribution in [0.2, 0.25) is 0 Å². The Morgan fingerprint density at radius 1 is 0.577 bits per heavy atom. The van der Waals surface area contributed by atoms with Gasteiger partial charge in [0.1, 0.15) is 0 Å². The minimum atomic E-state index is -1.08. The Bertz CT molecular complexity index is 283. The van der Waals surface area contributed by atoms with Crippen molar-refractivity contribution in [2.75, 3.05) is 0 Å². The minimum Gasteiger partial charge on any atom is -0.550 e. The van der Waals surface area contributed by atoms with Crippen LogP contribution in [0.4, 0.5) is 0 Å². The molecule has 0 N–H and O–H groups in total. The molecule has 2 radical (unpaired) electrons. The quantitative estimate of drug-likeness (QED) is 0.264. The third-order valence-electron chi connectivity index (χ3n) is 3.98. The summed E-state index contributed by atoms with van der Waals surface area (Å²) in [6.45, 7) is 3.24. The van der Waals surface area contributed by atoms with Crippen molar-refractivity contribution in [3.63, 3.8) is 0 Å². The van der Waals surface area contributed by atoms with E-state index in [9.17, 15) is 9.90 Å². The van der Waals surface area contributed by atoms with Crippen LogP contribution < -0.4 is 10.2 Å². The summed E-state index contributed by atoms with van der Waals surface area (Å²) in [7, 11) is 0. The topological polar surface area (TPSA) is 80.3 Å². The minimum absolute atomic E-state index is 0. The van der Waals surface area contributed by atoms with Gasteiger partial charge >= 0.3 is 34.1 Å². The number of unbranched alkanes of at least 4 members (excludes halogenated alkanes) is 14. The van der Waals surface area contributed by atoms with Crippen molar-refractivity contribution in [1.82, 2.24) is 0 Å². The fourth-order valence-electron chi connectivity index (χ4n) is 2.64. The summed E-state index contributed by atoms with van der Waals surface area (Å²) in [6, 6.07) is 0. The molecule has 0 rings (SSSR count). The first-order chi connectivity index (χ1) is 11.5. The standard InChI is InChI=1S/C18H36O2.C2H4O2.2Mn/c1-2-3-4-5-6-7-8-9-10-11-12-13-14-15-16-17-18(19)20;1-2(3)4;;/h2-17H2,1H3,(H,19,20);1H3,(H,3,4);;/q;;2*+2/p-2. The van der Waals surface area contributed by atoms with Crippen LogP contribution in [0.15, 0.2) is 0 Å². The Balaban J connectivity index is -0.000000363. The molecular formula is C20H38Mn2O4+2. The summed E-state index contributed by atoms with van der Waals surface area (Å²) in [5, 5.41) is 19.1. The second-order valence-electron chi connectivity index (χ2n) is 6.56. The van der Waals surface area contributed by atoms with Gasteiger partial charge in [0.25, 0.3) is 0 Å². The molecule has 4 nitrogen and oxygen atoms in total. The van der Waals surface area contributed by atoms with Crippen molar-refractivity contribution in [2.24, 2.45) is 0 Å². The molecule has 26 heavy (non-hydrogen) atoms. The predicted octanol–water partition coefficient (Wildman–Crippen LogP) is 3.75. The summed E-state index contributed by atoms with van der Waals surface area (Å²) < 4.78 is 0. The van der Waals surface area contributed by atoms with Gasteiger partial charge in [-0.3, -0.25) is 0 Å². The number of hydrogen-bond acceptors (Lipinski definition) is 4. The molecule has 0 fully saturated rings. The first kappa shape index (κ1) is 33.6. The molecule has 154 valence electrons. The number of rotatable bonds is 16. The molecule has 0 aromatic heterocycles. The number of aliphatic carboxylic acids is 2. The zero-order chi connectivity index (χ0) is 18.5. The Morgan fingerprint density at radius 2 is 0.808 bits per heavy atom. The summed E-state index contributed by atoms with van der Waals surface area (Å²) in [5.41, 5.74) is 0. The van der Waals surface area contributed by atoms with E-state index in [0.29, 0.717) is 0 Å². The summed E-state index contributed by atoms with van der Waals surface area (Å²) in [6.07, 6.45) is 19.9. The molecule has 0 aromatic carbocycles. The van der Waals surface area contributed by atoms with Crippen LogP contribution in [0.1, 0.15) is 117 Å². The molecule has 6 heteroatoms. The fraction of sp³-hybridized carbons (Fsp3) is 0.900. The van der Waals surface area contributed by atoms with Gasteiger partial charge in [0, 0.05) is 11.9 Å². The molecule has 0 atom stereocenters. The van der Waals surface area contributed by atoms with Crippen LogP contribution in [0, 0.1) is 0 Å². The molecule has 0 bridgehead atoms. The third kappa shape index (κ3) is 43.9. The molecule has 0 aliphatic carbocycles. The zero-order valence-electron chi connectivity index (χ0n) is 16.7. The van der Waals surface area contributed by atoms with Crippen LogP contribution in [0.5, 0.6) is 0 Å². The van der Waals surface area contributed by atoms with E-state index in [2.05, 4.69) is 6.92 Å². The van der Waals surface area contributed by atoms with E-state index in [1.165, 1.54) is 83.5 Å². The molecular weight excluding hydrogens is 414 g/mol. The smallest absolute Gasteiger partial charge is 0.550 e. The molecule has 0 aliphatic heterocycles. The number of carboxylic acid groups (broad SMARTS) is 2. The second kappa shape index (κ2) is 29.7. The van der Waals surface area contributed by atoms with Gasteiger partial charge in [0.15, 0.2) is 0 Å². The van der Waals surface area contributed by atoms with Crippen LogP contribution >= 0.6 is 0 Å². The Hall–Kier alpha value is -0.0210. The van der Waals surface area contributed by atoms with E-state index in [4.69, 9.17) is 9.90 Å². The molecule has 0 spiro atoms. The second-order valence-corrected chi connectivity index (χ2v) is 6.56. The average molecular weight is 452 g/mol. The molecule has 0 amide bonds. The maximum atomic E-state index is 10.2. The van der Waals surface area contributed by atoms with Crippen molar-refractivity contribution in [3.05, 3.63) is 0 Å². The van der Waals surface area contributed by atoms with Gasteiger partial charge in [-0.05, 0) is 19.8 Å². The van der Waals surface area contributed by atoms with Gasteiger partial charge in [-0.1, -0.05) is 96.8 Å². The van der Waals surface area contributed by atoms with Gasteiger partial charge in [-0.2, -0.15) is 0 Å². The van der Waals surface area contributed by atoms with E-state index >= 15 is 0 Å². The summed E-state index contributed by atoms with van der Waals surface area (Å²) in [5.74, 6) is -1.99. The van der Waals surface area contributed by atoms with Crippen molar-refractivity contribution in [2.45, 2.75) is 117 Å². The third-order valence-corrected chi connectivity index (χ3v) is 3.98. The van der Waals surface area contributed by atoms with Gasteiger partial charge in [-0.15, -0.1) is 0 Å². The normalized spacial score (nSPS) is 9.31. The number of carboxylic acids is 2. The van der Waals surface area contributed by atoms with E-state index in [0.717, 1.165) is 19.8 Å². The Kier molecular flexibility index (Phi) is 38.4. The van der Waals surface area contributed by atoms with Gasteiger partial charge in [0.2, 0.25) is 0 Å². The SMILES string of the molecule is CC(=O)[O-].CCCCCCCCCCCCCCCCCC(=O)[O-].[Mn+2].[Mn+2]. The van der Waals surface area contributed by atoms with E-state index < -0.39 is 11.9 Å². The molecule has 0 saturated carbocycles. The largest absolute Gasteiger partial charge is 2.00 e. The Morgan fingerprint density at radius 3 is 1.04 bits per heavy atom. The number of carbonyl (C=O) groups is 2. The number of carbonyl (C=O) groups excluding carboxylic acids is 2. The van der Waals surface area contributed by atoms with Crippen LogP contribution in [0.25, 0.3) is 0 Å². The first-order valence-corrected chi connectivity index (χ1v) is 9.88. The van der Waals surface area contributed by atoms with Crippen LogP contribution in [-0.2, 0) is 43.7 Å². The molecule has 0 saturated heterocycles. The zero-order valence-corrected chi connectivity index (χ0v) is 19.1. The fourth-order valence-corrected chi connectivity index (χ4v) is 2.64. The molecule has 0 aliphatic rings. The van der Waals surface area contributed by atoms with Crippen molar-refractivity contribution >= 4 is 11.9 Å². The van der Waals surface area contributed by atoms with Gasteiger partial charge < -0.3 is 19.8 Å². The first-order valence-electron chi connectivity index (χ1n) is 9.88. The van der Waals surface area contributed by atoms with Crippen molar-refractivity contribution in [3.8, 4) is 0 Å². The Labute approximate surface area is 182 Å². The predicted molar refractivity (Wildman–Crippen MR) is 95.2 cm³/mol. The maximum absolute atomic E-state index is 10.2. The van der Waals surface area contributed by atoms with Gasteiger partial charge in [-0.25, -0.2) is 0 Å². The van der Waals surface area contributed by atoms with E-state index in [1.54, 1.807) is 0 Å². The summed E-state index contributed by atoms with van der Waals surface area (Å²) >= 11 is 0. The van der Waals surface area contributed by atoms with E-state index in [1.807, 2.05) is 0 Å². The van der Waals surface area contributed by atoms with Crippen LogP contribution in [-0.4, -0.2) is 11.9 Å². The van der Waals surface area contributed by atoms with Crippen molar-refractivity contribution < 1.29 is 53.9 Å². The number of hydrogen-bond donors (Lipinski definition) is 0. The summed E-state index contributed by atoms with van der Waals surface area (Å²) in [4.78, 5) is 19.1. The average Bonchev–Trinajstić information content (AvgIpc) is 2.50. The van der Waals surface area contributed by atoms with Crippen LogP contribution in [0.3, 0.4) is 0 Å². The van der Waals surface area contributed by atoms with Gasteiger partial charge in [0.05, 0.1) is 0 Å². The van der Waals surface area contributed by atoms with Crippen molar-refractivity contribution in [1.29, 1.82) is 0 Å². The molecule has 0 heterocycles. The molecule has 0 aromatic rings. The maximum Gasteiger partial charge on any atom is 2.00 e.